The predicted octanol–water partition coefficient (Wildman–Crippen LogP) is -2.02. The lowest BCUT2D eigenvalue weighted by molar-refractivity contribution is -0.141. The molecule has 0 spiro atoms. The molecule has 12 amide bonds. The zero-order chi connectivity index (χ0) is 84.0. The molecule has 114 heavy (non-hydrogen) atoms. The molecule has 40 heteroatoms. The minimum Gasteiger partial charge on any atom is -0.493 e. The van der Waals surface area contributed by atoms with Gasteiger partial charge < -0.3 is 109 Å². The van der Waals surface area contributed by atoms with Crippen LogP contribution < -0.4 is 63.2 Å². The highest BCUT2D eigenvalue weighted by atomic mass is 19.1. The van der Waals surface area contributed by atoms with E-state index in [4.69, 9.17) is 9.84 Å². The van der Waals surface area contributed by atoms with Crippen molar-refractivity contribution in [3.05, 3.63) is 137 Å². The summed E-state index contributed by atoms with van der Waals surface area (Å²) in [5.41, 5.74) is 2.00. The van der Waals surface area contributed by atoms with Crippen molar-refractivity contribution in [3.8, 4) is 17.9 Å². The molecule has 39 nitrogen and oxygen atoms in total. The fourth-order valence-corrected chi connectivity index (χ4v) is 11.2. The van der Waals surface area contributed by atoms with Gasteiger partial charge in [-0.2, -0.15) is 10.5 Å². The summed E-state index contributed by atoms with van der Waals surface area (Å²) in [5, 5.41) is 113. The number of urea groups is 1. The first kappa shape index (κ1) is 91.0. The number of halogens is 1. The van der Waals surface area contributed by atoms with Gasteiger partial charge in [0.05, 0.1) is 56.2 Å². The predicted molar refractivity (Wildman–Crippen MR) is 393 cm³/mol. The van der Waals surface area contributed by atoms with Gasteiger partial charge in [-0.05, 0) is 98.0 Å². The third kappa shape index (κ3) is 31.8. The molecular weight excluding hydrogens is 1500 g/mol. The number of benzene rings is 4. The van der Waals surface area contributed by atoms with Crippen LogP contribution in [-0.4, -0.2) is 241 Å². The van der Waals surface area contributed by atoms with Gasteiger partial charge in [0.2, 0.25) is 59.1 Å². The Morgan fingerprint density at radius 3 is 1.45 bits per heavy atom. The Bertz CT molecular complexity index is 4310. The van der Waals surface area contributed by atoms with Gasteiger partial charge in [-0.3, -0.25) is 62.3 Å². The molecule has 0 bridgehead atoms. The molecule has 610 valence electrons. The average molecular weight is 1590 g/mol. The van der Waals surface area contributed by atoms with E-state index < -0.39 is 227 Å². The quantitative estimate of drug-likeness (QED) is 0.0187. The molecule has 1 aromatic heterocycles. The number of carboxylic acids is 5. The maximum Gasteiger partial charge on any atom is 0.326 e. The van der Waals surface area contributed by atoms with Crippen molar-refractivity contribution >= 4 is 106 Å². The lowest BCUT2D eigenvalue weighted by Gasteiger charge is -2.27. The van der Waals surface area contributed by atoms with Gasteiger partial charge >= 0.3 is 35.9 Å². The summed E-state index contributed by atoms with van der Waals surface area (Å²) in [5.74, 6) is -18.8. The number of nitrogens with one attached hydrogen (secondary N) is 12. The van der Waals surface area contributed by atoms with Crippen molar-refractivity contribution in [1.29, 1.82) is 10.5 Å². The number of nitriles is 2. The molecule has 0 saturated heterocycles. The standard InChI is InChI=1S/C74H88FN15O24/c1-41(93)81-55(30-42-11-4-2-5-12-42)68(105)85-56(31-43-13-6-3-7-14-43)69(106)86-59(40-92)71(108)87-58(39-91)70(107)84-52(19-22-63(98)99)67(104)83-51(18-21-62(96)97)65(102)80-37-61(95)90(25-10-26-114-48-28-44(34-76)27-45(29-48)35-77)38-60(94)82-57(32-46-36-79-50-17-16-47(75)33-49(46)50)66(103)78-24-9-8-15-53(72(109)110)88-74(113)89-54(73(111)112)20-23-64(100)101/h2-7,11-14,16-17,27-29,33,36,51-59,79,91-92H,8-10,15,18-26,30-32,37-40H2,1H3,(H,78,103)(H,80,102)(H,81,93)(H,82,94)(H,83,104)(H,84,107)(H,85,105)(H,86,106)(H,87,108)(H,96,97)(H,98,99)(H,100,101)(H,109,110)(H,111,112)(H2,88,89,113)/t51-,52-,53-,54-,55-,56-,57-,58-,59-/m0/s1. The van der Waals surface area contributed by atoms with E-state index in [1.54, 1.807) is 60.7 Å². The molecule has 0 saturated carbocycles. The number of H-pyrrole nitrogens is 1. The molecule has 4 aromatic carbocycles. The zero-order valence-electron chi connectivity index (χ0n) is 61.4. The Labute approximate surface area is 649 Å². The fraction of sp³-hybridized carbons (Fsp3) is 0.405. The van der Waals surface area contributed by atoms with Gasteiger partial charge in [-0.25, -0.2) is 18.8 Å². The summed E-state index contributed by atoms with van der Waals surface area (Å²) in [7, 11) is 0. The number of aromatic nitrogens is 1. The highest BCUT2D eigenvalue weighted by Gasteiger charge is 2.35. The van der Waals surface area contributed by atoms with Crippen LogP contribution >= 0.6 is 0 Å². The van der Waals surface area contributed by atoms with Gasteiger partial charge in [0.1, 0.15) is 65.9 Å². The molecule has 0 unspecified atom stereocenters. The largest absolute Gasteiger partial charge is 0.493 e. The molecule has 9 atom stereocenters. The Hall–Kier alpha value is -13.6. The van der Waals surface area contributed by atoms with Crippen molar-refractivity contribution in [2.75, 3.05) is 46.0 Å². The summed E-state index contributed by atoms with van der Waals surface area (Å²) in [4.78, 5) is 214. The van der Waals surface area contributed by atoms with Crippen LogP contribution in [0.2, 0.25) is 0 Å². The highest BCUT2D eigenvalue weighted by Crippen LogP contribution is 2.22. The van der Waals surface area contributed by atoms with Crippen molar-refractivity contribution in [1.82, 2.24) is 68.4 Å². The van der Waals surface area contributed by atoms with E-state index in [0.29, 0.717) is 27.6 Å². The maximum absolute atomic E-state index is 14.6. The Balaban J connectivity index is 1.32. The number of aliphatic hydroxyl groups excluding tert-OH is 2. The number of carbonyl (C=O) groups is 16. The normalized spacial score (nSPS) is 13.1. The van der Waals surface area contributed by atoms with E-state index in [9.17, 15) is 122 Å². The molecule has 0 radical (unpaired) electrons. The topological polar surface area (TPSA) is 623 Å². The van der Waals surface area contributed by atoms with Crippen LogP contribution in [0, 0.1) is 28.5 Å². The number of hydrogen-bond donors (Lipinski definition) is 19. The lowest BCUT2D eigenvalue weighted by Crippen LogP contribution is -2.61. The van der Waals surface area contributed by atoms with Gasteiger partial charge in [-0.15, -0.1) is 0 Å². The average Bonchev–Trinajstić information content (AvgIpc) is 1.66. The zero-order valence-corrected chi connectivity index (χ0v) is 61.4. The van der Waals surface area contributed by atoms with Crippen LogP contribution in [0.15, 0.2) is 103 Å². The smallest absolute Gasteiger partial charge is 0.326 e. The van der Waals surface area contributed by atoms with E-state index >= 15 is 0 Å². The third-order valence-corrected chi connectivity index (χ3v) is 17.1. The van der Waals surface area contributed by atoms with E-state index in [1.165, 1.54) is 37.4 Å². The summed E-state index contributed by atoms with van der Waals surface area (Å²) < 4.78 is 20.4. The van der Waals surface area contributed by atoms with Crippen LogP contribution in [-0.2, 0) is 91.2 Å². The second-order valence-corrected chi connectivity index (χ2v) is 25.8. The molecule has 0 aliphatic rings. The number of fused-ring (bicyclic) bond motifs is 1. The van der Waals surface area contributed by atoms with Gasteiger partial charge in [0, 0.05) is 75.6 Å². The van der Waals surface area contributed by atoms with Crippen LogP contribution in [0.25, 0.3) is 10.9 Å². The molecule has 0 fully saturated rings. The number of rotatable bonds is 49. The second kappa shape index (κ2) is 46.8. The number of unbranched alkanes of at least 4 members (excludes halogenated alkanes) is 1. The van der Waals surface area contributed by atoms with Gasteiger partial charge in [0.25, 0.3) is 0 Å². The summed E-state index contributed by atoms with van der Waals surface area (Å²) in [6.45, 7) is -4.03. The number of amides is 12. The summed E-state index contributed by atoms with van der Waals surface area (Å²) >= 11 is 0. The van der Waals surface area contributed by atoms with E-state index in [0.717, 1.165) is 17.0 Å². The number of ether oxygens (including phenoxy) is 1. The number of carboxylic acid groups (broad SMARTS) is 5. The number of nitrogens with zero attached hydrogens (tertiary/aromatic N) is 3. The molecule has 0 aliphatic heterocycles. The molecular formula is C74H88FN15O24. The monoisotopic (exact) mass is 1590 g/mol. The Morgan fingerprint density at radius 2 is 0.947 bits per heavy atom. The summed E-state index contributed by atoms with van der Waals surface area (Å²) in [6, 6.07) is 11.6. The molecule has 5 rings (SSSR count). The van der Waals surface area contributed by atoms with Crippen molar-refractivity contribution in [3.63, 3.8) is 0 Å². The SMILES string of the molecule is CC(=O)N[C@@H](Cc1ccccc1)C(=O)N[C@@H](Cc1ccccc1)C(=O)N[C@@H](CO)C(=O)N[C@@H](CO)C(=O)N[C@@H](CCC(=O)O)C(=O)N[C@@H](CCC(=O)O)C(=O)NCC(=O)N(CCCOc1cc(C#N)cc(C#N)c1)CC(=O)N[C@@H](Cc1c[nH]c2ccc(F)cc12)C(=O)NCCCC[C@H](NC(=O)N[C@@H](CCC(=O)O)C(=O)O)C(=O)O. The number of hydrogen-bond acceptors (Lipinski definition) is 21. The first-order valence-corrected chi connectivity index (χ1v) is 35.5. The van der Waals surface area contributed by atoms with Gasteiger partial charge in [-0.1, -0.05) is 60.7 Å². The second-order valence-electron chi connectivity index (χ2n) is 25.8. The molecule has 19 N–H and O–H groups in total. The minimum atomic E-state index is -2.04. The number of aliphatic carboxylic acids is 5. The van der Waals surface area contributed by atoms with Gasteiger partial charge in [0.15, 0.2) is 0 Å². The Kier molecular flexibility index (Phi) is 37.3. The number of carbonyl (C=O) groups excluding carboxylic acids is 11. The molecule has 0 aliphatic carbocycles. The molecule has 1 heterocycles. The first-order chi connectivity index (χ1) is 54.3. The maximum atomic E-state index is 14.6. The van der Waals surface area contributed by atoms with Crippen molar-refractivity contribution in [2.24, 2.45) is 0 Å². The fourth-order valence-electron chi connectivity index (χ4n) is 11.2. The van der Waals surface area contributed by atoms with Crippen molar-refractivity contribution in [2.45, 2.75) is 145 Å². The highest BCUT2D eigenvalue weighted by molar-refractivity contribution is 5.99. The van der Waals surface area contributed by atoms with Crippen LogP contribution in [0.3, 0.4) is 0 Å². The third-order valence-electron chi connectivity index (χ3n) is 17.1. The van der Waals surface area contributed by atoms with E-state index in [2.05, 4.69) is 58.2 Å². The number of aromatic amines is 1. The van der Waals surface area contributed by atoms with Crippen molar-refractivity contribution < 1.29 is 122 Å². The summed E-state index contributed by atoms with van der Waals surface area (Å²) in [6.07, 6.45) is -3.87. The Morgan fingerprint density at radius 1 is 0.491 bits per heavy atom. The van der Waals surface area contributed by atoms with Crippen LogP contribution in [0.4, 0.5) is 9.18 Å². The lowest BCUT2D eigenvalue weighted by atomic mass is 10.0. The van der Waals surface area contributed by atoms with E-state index in [-0.39, 0.29) is 75.0 Å². The minimum absolute atomic E-state index is 0.00289. The first-order valence-electron chi connectivity index (χ1n) is 35.5. The van der Waals surface area contributed by atoms with E-state index in [1.807, 2.05) is 17.5 Å². The van der Waals surface area contributed by atoms with Crippen LogP contribution in [0.5, 0.6) is 5.75 Å². The number of aliphatic hydroxyl groups is 2. The molecule has 5 aromatic rings. The van der Waals surface area contributed by atoms with Crippen LogP contribution in [0.1, 0.15) is 98.9 Å².